The fourth-order valence-electron chi connectivity index (χ4n) is 5.43. The normalized spacial score (nSPS) is 17.1. The Morgan fingerprint density at radius 1 is 1.02 bits per heavy atom. The number of hydrogen-bond donors (Lipinski definition) is 1. The van der Waals surface area contributed by atoms with Crippen LogP contribution in [0, 0.1) is 13.8 Å². The maximum atomic E-state index is 13.7. The number of aromatic nitrogens is 1. The van der Waals surface area contributed by atoms with Gasteiger partial charge in [0.25, 0.3) is 5.91 Å². The molecule has 40 heavy (non-hydrogen) atoms. The Morgan fingerprint density at radius 3 is 2.45 bits per heavy atom. The number of carboxylic acids is 1. The molecule has 1 saturated heterocycles. The third-order valence-corrected chi connectivity index (χ3v) is 9.66. The first kappa shape index (κ1) is 26.3. The molecule has 2 aliphatic rings. The van der Waals surface area contributed by atoms with E-state index in [4.69, 9.17) is 4.99 Å². The quantitative estimate of drug-likeness (QED) is 0.244. The number of para-hydroxylation sites is 1. The fraction of sp³-hybridized carbons (Fsp3) is 0.219. The van der Waals surface area contributed by atoms with Crippen molar-refractivity contribution in [2.45, 2.75) is 46.1 Å². The highest BCUT2D eigenvalue weighted by Gasteiger charge is 2.34. The Hall–Kier alpha value is -3.88. The molecule has 0 unspecified atom stereocenters. The van der Waals surface area contributed by atoms with Crippen LogP contribution in [-0.2, 0) is 24.2 Å². The van der Waals surface area contributed by atoms with Crippen LogP contribution < -0.4 is 0 Å². The molecule has 3 heterocycles. The molecule has 1 aliphatic carbocycles. The Bertz CT molecular complexity index is 1670. The molecular formula is C32H29N3O3S2. The van der Waals surface area contributed by atoms with E-state index in [0.29, 0.717) is 22.2 Å². The van der Waals surface area contributed by atoms with E-state index in [1.54, 1.807) is 16.2 Å². The lowest BCUT2D eigenvalue weighted by Crippen LogP contribution is -2.28. The Kier molecular flexibility index (Phi) is 7.21. The van der Waals surface area contributed by atoms with Gasteiger partial charge in [0.15, 0.2) is 5.17 Å². The Balaban J connectivity index is 1.39. The highest BCUT2D eigenvalue weighted by atomic mass is 32.2. The molecule has 6 nitrogen and oxygen atoms in total. The van der Waals surface area contributed by atoms with E-state index >= 15 is 0 Å². The maximum Gasteiger partial charge on any atom is 0.339 e. The van der Waals surface area contributed by atoms with Gasteiger partial charge in [-0.25, -0.2) is 9.79 Å². The summed E-state index contributed by atoms with van der Waals surface area (Å²) in [5, 5.41) is 11.5. The first-order valence-corrected chi connectivity index (χ1v) is 15.0. The van der Waals surface area contributed by atoms with Crippen molar-refractivity contribution in [1.29, 1.82) is 0 Å². The number of fused-ring (bicyclic) bond motifs is 1. The molecule has 0 radical (unpaired) electrons. The zero-order valence-electron chi connectivity index (χ0n) is 22.4. The van der Waals surface area contributed by atoms with Gasteiger partial charge in [0.2, 0.25) is 0 Å². The summed E-state index contributed by atoms with van der Waals surface area (Å²) >= 11 is 2.97. The molecule has 0 atom stereocenters. The number of amides is 1. The minimum atomic E-state index is -0.873. The topological polar surface area (TPSA) is 74.9 Å². The number of benzene rings is 2. The van der Waals surface area contributed by atoms with Crippen molar-refractivity contribution in [3.05, 3.63) is 110 Å². The van der Waals surface area contributed by atoms with E-state index in [-0.39, 0.29) is 5.91 Å². The summed E-state index contributed by atoms with van der Waals surface area (Å²) in [6, 6.07) is 21.6. The molecule has 0 bridgehead atoms. The van der Waals surface area contributed by atoms with Crippen molar-refractivity contribution >= 4 is 51.9 Å². The van der Waals surface area contributed by atoms with Crippen molar-refractivity contribution in [3.63, 3.8) is 0 Å². The van der Waals surface area contributed by atoms with Crippen LogP contribution in [0.15, 0.2) is 76.6 Å². The number of aliphatic imine (C=N–C) groups is 1. The van der Waals surface area contributed by atoms with E-state index < -0.39 is 5.97 Å². The summed E-state index contributed by atoms with van der Waals surface area (Å²) in [7, 11) is 0. The summed E-state index contributed by atoms with van der Waals surface area (Å²) in [5.41, 5.74) is 6.00. The number of carbonyl (C=O) groups is 2. The van der Waals surface area contributed by atoms with Gasteiger partial charge in [-0.2, -0.15) is 0 Å². The second-order valence-corrected chi connectivity index (χ2v) is 12.2. The monoisotopic (exact) mass is 567 g/mol. The molecule has 1 aliphatic heterocycles. The second kappa shape index (κ2) is 10.9. The molecular weight excluding hydrogens is 539 g/mol. The number of hydrogen-bond acceptors (Lipinski definition) is 5. The SMILES string of the molecule is Cc1cc(/C=C2\SC(=Nc3ccccc3)N(Cc3ccccc3)C2=O)c(C)n1-c1sc2c(c1C(=O)O)CCCC2. The van der Waals surface area contributed by atoms with Crippen LogP contribution in [0.4, 0.5) is 5.69 Å². The molecule has 202 valence electrons. The summed E-state index contributed by atoms with van der Waals surface area (Å²) in [6.45, 7) is 4.42. The average molecular weight is 568 g/mol. The number of aryl methyl sites for hydroxylation is 2. The number of thioether (sulfide) groups is 1. The number of thiophene rings is 1. The van der Waals surface area contributed by atoms with E-state index in [0.717, 1.165) is 64.4 Å². The maximum absolute atomic E-state index is 13.7. The van der Waals surface area contributed by atoms with Crippen molar-refractivity contribution < 1.29 is 14.7 Å². The summed E-state index contributed by atoms with van der Waals surface area (Å²) in [4.78, 5) is 34.4. The number of rotatable bonds is 6. The number of aromatic carboxylic acids is 1. The second-order valence-electron chi connectivity index (χ2n) is 10.1. The average Bonchev–Trinajstić information content (AvgIpc) is 3.56. The van der Waals surface area contributed by atoms with Gasteiger partial charge in [0.05, 0.1) is 22.7 Å². The van der Waals surface area contributed by atoms with Crippen molar-refractivity contribution in [2.75, 3.05) is 0 Å². The van der Waals surface area contributed by atoms with Crippen LogP contribution in [0.5, 0.6) is 0 Å². The third-order valence-electron chi connectivity index (χ3n) is 7.38. The van der Waals surface area contributed by atoms with Gasteiger partial charge >= 0.3 is 5.97 Å². The van der Waals surface area contributed by atoms with Crippen LogP contribution >= 0.6 is 23.1 Å². The predicted molar refractivity (Wildman–Crippen MR) is 163 cm³/mol. The molecule has 2 aromatic heterocycles. The zero-order valence-corrected chi connectivity index (χ0v) is 24.0. The van der Waals surface area contributed by atoms with E-state index in [2.05, 4.69) is 0 Å². The van der Waals surface area contributed by atoms with Crippen LogP contribution in [0.2, 0.25) is 0 Å². The van der Waals surface area contributed by atoms with Crippen LogP contribution in [0.1, 0.15) is 56.2 Å². The Labute approximate surface area is 241 Å². The van der Waals surface area contributed by atoms with Crippen molar-refractivity contribution in [1.82, 2.24) is 9.47 Å². The Morgan fingerprint density at radius 2 is 1.73 bits per heavy atom. The summed E-state index contributed by atoms with van der Waals surface area (Å²) in [6.07, 6.45) is 5.79. The number of nitrogens with zero attached hydrogens (tertiary/aromatic N) is 3. The van der Waals surface area contributed by atoms with Gasteiger partial charge in [0.1, 0.15) is 5.00 Å². The molecule has 1 amide bonds. The highest BCUT2D eigenvalue weighted by molar-refractivity contribution is 8.18. The standard InChI is InChI=1S/C32H29N3O3S2/c1-20-17-23(21(2)35(20)30-28(31(37)38)25-15-9-10-16-26(25)39-30)18-27-29(36)34(19-22-11-5-3-6-12-22)32(40-27)33-24-13-7-4-8-14-24/h3-8,11-14,17-18H,9-10,15-16,19H2,1-2H3,(H,37,38)/b27-18-,33-32?. The first-order chi connectivity index (χ1) is 19.4. The molecule has 1 N–H and O–H groups in total. The highest BCUT2D eigenvalue weighted by Crippen LogP contribution is 2.40. The number of carbonyl (C=O) groups excluding carboxylic acids is 1. The molecule has 2 aromatic carbocycles. The van der Waals surface area contributed by atoms with Gasteiger partial charge in [-0.15, -0.1) is 11.3 Å². The van der Waals surface area contributed by atoms with E-state index in [9.17, 15) is 14.7 Å². The van der Waals surface area contributed by atoms with Gasteiger partial charge in [-0.05, 0) is 92.3 Å². The minimum absolute atomic E-state index is 0.0915. The van der Waals surface area contributed by atoms with Crippen LogP contribution in [0.25, 0.3) is 11.1 Å². The fourth-order valence-corrected chi connectivity index (χ4v) is 7.91. The number of amidine groups is 1. The van der Waals surface area contributed by atoms with Gasteiger partial charge in [0, 0.05) is 16.3 Å². The zero-order chi connectivity index (χ0) is 27.8. The largest absolute Gasteiger partial charge is 0.478 e. The van der Waals surface area contributed by atoms with Crippen molar-refractivity contribution in [2.24, 2.45) is 4.99 Å². The van der Waals surface area contributed by atoms with Gasteiger partial charge < -0.3 is 9.67 Å². The van der Waals surface area contributed by atoms with Crippen LogP contribution in [-0.4, -0.2) is 31.6 Å². The first-order valence-electron chi connectivity index (χ1n) is 13.4. The molecule has 4 aromatic rings. The molecule has 6 rings (SSSR count). The van der Waals surface area contributed by atoms with Crippen LogP contribution in [0.3, 0.4) is 0 Å². The third kappa shape index (κ3) is 4.93. The van der Waals surface area contributed by atoms with Crippen molar-refractivity contribution in [3.8, 4) is 5.00 Å². The smallest absolute Gasteiger partial charge is 0.339 e. The van der Waals surface area contributed by atoms with E-state index in [1.807, 2.05) is 91.2 Å². The summed E-state index contributed by atoms with van der Waals surface area (Å²) in [5.74, 6) is -0.965. The molecule has 0 spiro atoms. The van der Waals surface area contributed by atoms with Gasteiger partial charge in [-0.3, -0.25) is 9.69 Å². The van der Waals surface area contributed by atoms with E-state index in [1.165, 1.54) is 16.6 Å². The molecule has 1 fully saturated rings. The lowest BCUT2D eigenvalue weighted by Gasteiger charge is -2.15. The predicted octanol–water partition coefficient (Wildman–Crippen LogP) is 7.54. The number of carboxylic acid groups (broad SMARTS) is 1. The lowest BCUT2D eigenvalue weighted by atomic mass is 9.95. The molecule has 8 heteroatoms. The lowest BCUT2D eigenvalue weighted by molar-refractivity contribution is -0.122. The van der Waals surface area contributed by atoms with Gasteiger partial charge in [-0.1, -0.05) is 48.5 Å². The summed E-state index contributed by atoms with van der Waals surface area (Å²) < 4.78 is 2.05. The molecule has 0 saturated carbocycles. The minimum Gasteiger partial charge on any atom is -0.478 e.